The van der Waals surface area contributed by atoms with Crippen LogP contribution in [-0.2, 0) is 4.74 Å². The van der Waals surface area contributed by atoms with Crippen LogP contribution in [0.2, 0.25) is 0 Å². The van der Waals surface area contributed by atoms with E-state index in [1.165, 1.54) is 6.39 Å². The number of benzene rings is 1. The van der Waals surface area contributed by atoms with Crippen LogP contribution in [-0.4, -0.2) is 29.5 Å². The van der Waals surface area contributed by atoms with Gasteiger partial charge in [-0.25, -0.2) is 0 Å². The van der Waals surface area contributed by atoms with Crippen molar-refractivity contribution in [2.75, 3.05) is 18.5 Å². The van der Waals surface area contributed by atoms with Crippen molar-refractivity contribution in [1.29, 1.82) is 0 Å². The predicted octanol–water partition coefficient (Wildman–Crippen LogP) is 2.25. The lowest BCUT2D eigenvalue weighted by atomic mass is 10.1. The van der Waals surface area contributed by atoms with Gasteiger partial charge in [0, 0.05) is 17.9 Å². The fourth-order valence-electron chi connectivity index (χ4n) is 2.13. The third kappa shape index (κ3) is 2.22. The highest BCUT2D eigenvalue weighted by molar-refractivity contribution is 5.62. The van der Waals surface area contributed by atoms with Crippen molar-refractivity contribution in [2.24, 2.45) is 0 Å². The van der Waals surface area contributed by atoms with Gasteiger partial charge in [0.2, 0.25) is 12.3 Å². The maximum atomic E-state index is 5.36. The first-order valence-electron chi connectivity index (χ1n) is 6.04. The summed E-state index contributed by atoms with van der Waals surface area (Å²) in [7, 11) is 0. The second-order valence-electron chi connectivity index (χ2n) is 4.48. The smallest absolute Gasteiger partial charge is 0.247 e. The molecule has 1 fully saturated rings. The molecular weight excluding hydrogens is 230 g/mol. The molecule has 1 aromatic carbocycles. The molecule has 1 N–H and O–H groups in total. The fraction of sp³-hybridized carbons (Fsp3) is 0.385. The van der Waals surface area contributed by atoms with E-state index in [1.807, 2.05) is 18.2 Å². The minimum Gasteiger partial charge on any atom is -0.423 e. The van der Waals surface area contributed by atoms with E-state index in [9.17, 15) is 0 Å². The molecule has 5 heteroatoms. The molecule has 94 valence electrons. The highest BCUT2D eigenvalue weighted by Crippen LogP contribution is 2.24. The lowest BCUT2D eigenvalue weighted by Crippen LogP contribution is -2.19. The Kier molecular flexibility index (Phi) is 2.98. The number of nitrogens with one attached hydrogen (secondary N) is 1. The van der Waals surface area contributed by atoms with E-state index >= 15 is 0 Å². The molecule has 1 saturated heterocycles. The Hall–Kier alpha value is -1.88. The molecule has 1 aromatic heterocycles. The standard InChI is InChI=1S/C13H15N3O2/c1-9-6-10(13-16-14-8-18-13)2-3-12(9)15-11-4-5-17-7-11/h2-3,6,8,11,15H,4-5,7H2,1H3. The normalized spacial score (nSPS) is 19.1. The molecule has 0 bridgehead atoms. The molecule has 0 spiro atoms. The maximum Gasteiger partial charge on any atom is 0.247 e. The first-order chi connectivity index (χ1) is 8.83. The number of hydrogen-bond donors (Lipinski definition) is 1. The van der Waals surface area contributed by atoms with Crippen molar-refractivity contribution < 1.29 is 9.15 Å². The molecule has 5 nitrogen and oxygen atoms in total. The van der Waals surface area contributed by atoms with Crippen LogP contribution in [0.25, 0.3) is 11.5 Å². The van der Waals surface area contributed by atoms with E-state index in [4.69, 9.17) is 9.15 Å². The minimum atomic E-state index is 0.415. The van der Waals surface area contributed by atoms with Gasteiger partial charge in [-0.15, -0.1) is 10.2 Å². The van der Waals surface area contributed by atoms with Crippen molar-refractivity contribution in [2.45, 2.75) is 19.4 Å². The summed E-state index contributed by atoms with van der Waals surface area (Å²) >= 11 is 0. The average Bonchev–Trinajstić information content (AvgIpc) is 3.04. The molecular formula is C13H15N3O2. The van der Waals surface area contributed by atoms with E-state index in [-0.39, 0.29) is 0 Å². The topological polar surface area (TPSA) is 60.2 Å². The summed E-state index contributed by atoms with van der Waals surface area (Å²) in [5.41, 5.74) is 3.24. The van der Waals surface area contributed by atoms with Crippen molar-refractivity contribution in [1.82, 2.24) is 10.2 Å². The monoisotopic (exact) mass is 245 g/mol. The quantitative estimate of drug-likeness (QED) is 0.898. The predicted molar refractivity (Wildman–Crippen MR) is 67.3 cm³/mol. The second-order valence-corrected chi connectivity index (χ2v) is 4.48. The van der Waals surface area contributed by atoms with Gasteiger partial charge in [-0.05, 0) is 37.1 Å². The van der Waals surface area contributed by atoms with Gasteiger partial charge in [0.1, 0.15) is 0 Å². The molecule has 0 aliphatic carbocycles. The van der Waals surface area contributed by atoms with E-state index < -0.39 is 0 Å². The fourth-order valence-corrected chi connectivity index (χ4v) is 2.13. The molecule has 1 atom stereocenters. The van der Waals surface area contributed by atoms with Crippen molar-refractivity contribution >= 4 is 5.69 Å². The zero-order chi connectivity index (χ0) is 12.4. The SMILES string of the molecule is Cc1cc(-c2nnco2)ccc1NC1CCOC1. The number of ether oxygens (including phenoxy) is 1. The van der Waals surface area contributed by atoms with Gasteiger partial charge in [-0.3, -0.25) is 0 Å². The largest absolute Gasteiger partial charge is 0.423 e. The van der Waals surface area contributed by atoms with Crippen molar-refractivity contribution in [3.8, 4) is 11.5 Å². The zero-order valence-corrected chi connectivity index (χ0v) is 10.2. The third-order valence-corrected chi connectivity index (χ3v) is 3.12. The maximum absolute atomic E-state index is 5.36. The van der Waals surface area contributed by atoms with Crippen LogP contribution < -0.4 is 5.32 Å². The summed E-state index contributed by atoms with van der Waals surface area (Å²) in [5.74, 6) is 0.550. The Morgan fingerprint density at radius 2 is 2.33 bits per heavy atom. The number of anilines is 1. The van der Waals surface area contributed by atoms with Gasteiger partial charge in [-0.1, -0.05) is 0 Å². The van der Waals surface area contributed by atoms with Crippen molar-refractivity contribution in [3.63, 3.8) is 0 Å². The number of nitrogens with zero attached hydrogens (tertiary/aromatic N) is 2. The van der Waals surface area contributed by atoms with Crippen LogP contribution in [0, 0.1) is 6.92 Å². The lowest BCUT2D eigenvalue weighted by Gasteiger charge is -2.14. The molecule has 2 aromatic rings. The van der Waals surface area contributed by atoms with Gasteiger partial charge in [-0.2, -0.15) is 0 Å². The van der Waals surface area contributed by atoms with Crippen molar-refractivity contribution in [3.05, 3.63) is 30.2 Å². The van der Waals surface area contributed by atoms with Crippen LogP contribution in [0.5, 0.6) is 0 Å². The summed E-state index contributed by atoms with van der Waals surface area (Å²) in [6.07, 6.45) is 2.40. The molecule has 0 radical (unpaired) electrons. The molecule has 2 heterocycles. The molecule has 3 rings (SSSR count). The van der Waals surface area contributed by atoms with Crippen LogP contribution in [0.1, 0.15) is 12.0 Å². The Labute approximate surface area is 105 Å². The third-order valence-electron chi connectivity index (χ3n) is 3.12. The lowest BCUT2D eigenvalue weighted by molar-refractivity contribution is 0.195. The van der Waals surface area contributed by atoms with Crippen LogP contribution in [0.4, 0.5) is 5.69 Å². The van der Waals surface area contributed by atoms with Crippen LogP contribution in [0.15, 0.2) is 29.0 Å². The van der Waals surface area contributed by atoms with E-state index in [0.29, 0.717) is 11.9 Å². The average molecular weight is 245 g/mol. The molecule has 1 unspecified atom stereocenters. The summed E-state index contributed by atoms with van der Waals surface area (Å²) in [5, 5.41) is 11.1. The zero-order valence-electron chi connectivity index (χ0n) is 10.2. The molecule has 1 aliphatic rings. The molecule has 0 amide bonds. The summed E-state index contributed by atoms with van der Waals surface area (Å²) in [6, 6.07) is 6.50. The summed E-state index contributed by atoms with van der Waals surface area (Å²) in [6.45, 7) is 3.69. The second kappa shape index (κ2) is 4.78. The van der Waals surface area contributed by atoms with Gasteiger partial charge < -0.3 is 14.5 Å². The highest BCUT2D eigenvalue weighted by atomic mass is 16.5. The minimum absolute atomic E-state index is 0.415. The first kappa shape index (κ1) is 11.2. The van der Waals surface area contributed by atoms with E-state index in [2.05, 4.69) is 22.4 Å². The van der Waals surface area contributed by atoms with E-state index in [1.54, 1.807) is 0 Å². The molecule has 1 aliphatic heterocycles. The van der Waals surface area contributed by atoms with Gasteiger partial charge in [0.25, 0.3) is 0 Å². The first-order valence-corrected chi connectivity index (χ1v) is 6.04. The molecule has 18 heavy (non-hydrogen) atoms. The molecule has 0 saturated carbocycles. The van der Waals surface area contributed by atoms with Gasteiger partial charge in [0.15, 0.2) is 0 Å². The van der Waals surface area contributed by atoms with E-state index in [0.717, 1.165) is 36.4 Å². The summed E-state index contributed by atoms with van der Waals surface area (Å²) < 4.78 is 10.5. The van der Waals surface area contributed by atoms with Gasteiger partial charge in [0.05, 0.1) is 12.6 Å². The number of hydrogen-bond acceptors (Lipinski definition) is 5. The van der Waals surface area contributed by atoms with Crippen LogP contribution >= 0.6 is 0 Å². The van der Waals surface area contributed by atoms with Gasteiger partial charge >= 0.3 is 0 Å². The summed E-state index contributed by atoms with van der Waals surface area (Å²) in [4.78, 5) is 0. The Morgan fingerprint density at radius 3 is 3.00 bits per heavy atom. The number of rotatable bonds is 3. The highest BCUT2D eigenvalue weighted by Gasteiger charge is 2.16. The Balaban J connectivity index is 1.80. The van der Waals surface area contributed by atoms with Crippen LogP contribution in [0.3, 0.4) is 0 Å². The number of aromatic nitrogens is 2. The Morgan fingerprint density at radius 1 is 1.39 bits per heavy atom. The number of aryl methyl sites for hydroxylation is 1. The Bertz CT molecular complexity index is 519.